The molecule has 2 heterocycles. The molecule has 9 nitrogen and oxygen atoms in total. The Hall–Kier alpha value is -2.28. The smallest absolute Gasteiger partial charge is 0.192 e. The molecule has 120 valence electrons. The first kappa shape index (κ1) is 16.1. The number of hydrogen-bond donors (Lipinski definition) is 3. The van der Waals surface area contributed by atoms with Crippen molar-refractivity contribution in [2.24, 2.45) is 38.4 Å². The van der Waals surface area contributed by atoms with Gasteiger partial charge in [-0.15, -0.1) is 0 Å². The van der Waals surface area contributed by atoms with Crippen molar-refractivity contribution in [1.82, 2.24) is 4.90 Å². The highest BCUT2D eigenvalue weighted by molar-refractivity contribution is 6.03. The molecule has 2 aliphatic heterocycles. The number of aliphatic imine (C=N–C) groups is 2. The molecular formula is C13H23N9. The second kappa shape index (κ2) is 5.84. The molecule has 2 rings (SSSR count). The van der Waals surface area contributed by atoms with Crippen LogP contribution in [0.25, 0.3) is 10.4 Å². The lowest BCUT2D eigenvalue weighted by Crippen LogP contribution is -2.62. The minimum absolute atomic E-state index is 0.0393. The van der Waals surface area contributed by atoms with Gasteiger partial charge in [-0.1, -0.05) is 19.0 Å². The van der Waals surface area contributed by atoms with Gasteiger partial charge in [0.05, 0.1) is 18.1 Å². The second-order valence-electron chi connectivity index (χ2n) is 6.14. The molecule has 0 radical (unpaired) electrons. The van der Waals surface area contributed by atoms with Crippen molar-refractivity contribution in [1.29, 1.82) is 5.41 Å². The summed E-state index contributed by atoms with van der Waals surface area (Å²) < 4.78 is 0. The van der Waals surface area contributed by atoms with Gasteiger partial charge in [0.25, 0.3) is 0 Å². The summed E-state index contributed by atoms with van der Waals surface area (Å²) in [6.45, 7) is 7.45. The average Bonchev–Trinajstić information content (AvgIpc) is 2.72. The molecule has 0 aromatic rings. The predicted molar refractivity (Wildman–Crippen MR) is 87.1 cm³/mol. The second-order valence-corrected chi connectivity index (χ2v) is 6.14. The van der Waals surface area contributed by atoms with Gasteiger partial charge in [0, 0.05) is 35.5 Å². The van der Waals surface area contributed by atoms with E-state index in [4.69, 9.17) is 22.4 Å². The Kier molecular flexibility index (Phi) is 4.27. The SMILES string of the molecule is CC1CN2C(N)=NC(CN=[N+]=[N-])[C@H](C)[C@@]2(C)C1=NCC(=N)N. The minimum atomic E-state index is -0.393. The maximum atomic E-state index is 8.55. The van der Waals surface area contributed by atoms with Crippen molar-refractivity contribution in [2.45, 2.75) is 32.4 Å². The van der Waals surface area contributed by atoms with Crippen molar-refractivity contribution in [3.8, 4) is 0 Å². The average molecular weight is 305 g/mol. The normalized spacial score (nSPS) is 35.8. The first-order valence-electron chi connectivity index (χ1n) is 7.31. The van der Waals surface area contributed by atoms with E-state index in [1.54, 1.807) is 0 Å². The van der Waals surface area contributed by atoms with Crippen LogP contribution in [0, 0.1) is 17.2 Å². The standard InChI is InChI=1S/C13H23N9/c1-7-6-22-12(16)20-9(4-19-21-17)8(2)13(22,3)11(7)18-5-10(14)15/h7-9H,4-6H2,1-3H3,(H3,14,15)(H2,16,20)/t7?,8-,9?,13-/m0/s1. The lowest BCUT2D eigenvalue weighted by Gasteiger charge is -2.46. The fourth-order valence-electron chi connectivity index (χ4n) is 3.53. The number of nitrogens with two attached hydrogens (primary N) is 2. The fourth-order valence-corrected chi connectivity index (χ4v) is 3.53. The molecular weight excluding hydrogens is 282 g/mol. The van der Waals surface area contributed by atoms with Crippen molar-refractivity contribution in [3.05, 3.63) is 10.4 Å². The summed E-state index contributed by atoms with van der Waals surface area (Å²) in [5.74, 6) is 0.788. The zero-order chi connectivity index (χ0) is 16.5. The third kappa shape index (κ3) is 2.48. The molecule has 0 bridgehead atoms. The predicted octanol–water partition coefficient (Wildman–Crippen LogP) is 0.717. The maximum Gasteiger partial charge on any atom is 0.192 e. The number of guanidine groups is 1. The van der Waals surface area contributed by atoms with E-state index in [2.05, 4.69) is 45.7 Å². The van der Waals surface area contributed by atoms with E-state index in [0.29, 0.717) is 5.96 Å². The van der Waals surface area contributed by atoms with Crippen LogP contribution in [-0.4, -0.2) is 53.6 Å². The molecule has 2 aliphatic rings. The van der Waals surface area contributed by atoms with Gasteiger partial charge in [-0.05, 0) is 12.5 Å². The first-order valence-corrected chi connectivity index (χ1v) is 7.31. The molecule has 0 aromatic carbocycles. The van der Waals surface area contributed by atoms with Crippen LogP contribution in [-0.2, 0) is 0 Å². The molecule has 0 amide bonds. The van der Waals surface area contributed by atoms with Gasteiger partial charge in [0.1, 0.15) is 5.84 Å². The van der Waals surface area contributed by atoms with Crippen molar-refractivity contribution >= 4 is 17.5 Å². The molecule has 2 unspecified atom stereocenters. The highest BCUT2D eigenvalue weighted by Crippen LogP contribution is 2.41. The highest BCUT2D eigenvalue weighted by Gasteiger charge is 2.54. The largest absolute Gasteiger partial charge is 0.386 e. The molecule has 0 aliphatic carbocycles. The zero-order valence-electron chi connectivity index (χ0n) is 13.2. The molecule has 9 heteroatoms. The summed E-state index contributed by atoms with van der Waals surface area (Å²) in [4.78, 5) is 13.9. The van der Waals surface area contributed by atoms with Gasteiger partial charge in [0.2, 0.25) is 0 Å². The molecule has 22 heavy (non-hydrogen) atoms. The molecule has 0 saturated carbocycles. The molecule has 5 N–H and O–H groups in total. The van der Waals surface area contributed by atoms with Crippen LogP contribution in [0.3, 0.4) is 0 Å². The minimum Gasteiger partial charge on any atom is -0.386 e. The Labute approximate surface area is 129 Å². The third-order valence-corrected chi connectivity index (χ3v) is 4.79. The lowest BCUT2D eigenvalue weighted by atomic mass is 9.76. The van der Waals surface area contributed by atoms with E-state index in [1.165, 1.54) is 0 Å². The van der Waals surface area contributed by atoms with Crippen molar-refractivity contribution in [3.63, 3.8) is 0 Å². The summed E-state index contributed by atoms with van der Waals surface area (Å²) in [6, 6.07) is -0.176. The van der Waals surface area contributed by atoms with Crippen LogP contribution in [0.4, 0.5) is 0 Å². The Morgan fingerprint density at radius 3 is 2.86 bits per heavy atom. The van der Waals surface area contributed by atoms with E-state index < -0.39 is 5.54 Å². The Bertz CT molecular complexity index is 574. The van der Waals surface area contributed by atoms with E-state index in [1.807, 2.05) is 0 Å². The first-order chi connectivity index (χ1) is 10.3. The van der Waals surface area contributed by atoms with Crippen LogP contribution in [0.15, 0.2) is 15.1 Å². The number of rotatable bonds is 4. The molecule has 1 fully saturated rings. The topological polar surface area (TPSA) is 153 Å². The number of nitrogens with zero attached hydrogens (tertiary/aromatic N) is 6. The van der Waals surface area contributed by atoms with Gasteiger partial charge in [-0.25, -0.2) is 4.99 Å². The van der Waals surface area contributed by atoms with E-state index in [0.717, 1.165) is 12.3 Å². The van der Waals surface area contributed by atoms with Gasteiger partial charge in [-0.3, -0.25) is 10.4 Å². The fraction of sp³-hybridized carbons (Fsp3) is 0.769. The Morgan fingerprint density at radius 2 is 2.27 bits per heavy atom. The van der Waals surface area contributed by atoms with Crippen LogP contribution in [0.1, 0.15) is 20.8 Å². The lowest BCUT2D eigenvalue weighted by molar-refractivity contribution is 0.177. The molecule has 0 aromatic heterocycles. The van der Waals surface area contributed by atoms with Crippen LogP contribution in [0.5, 0.6) is 0 Å². The summed E-state index contributed by atoms with van der Waals surface area (Å²) >= 11 is 0. The van der Waals surface area contributed by atoms with Gasteiger partial charge in [-0.2, -0.15) is 0 Å². The van der Waals surface area contributed by atoms with Gasteiger partial charge < -0.3 is 16.4 Å². The van der Waals surface area contributed by atoms with Gasteiger partial charge >= 0.3 is 0 Å². The summed E-state index contributed by atoms with van der Waals surface area (Å²) in [5.41, 5.74) is 20.7. The maximum absolute atomic E-state index is 8.55. The number of nitrogens with one attached hydrogen (secondary N) is 1. The molecule has 4 atom stereocenters. The number of hydrogen-bond acceptors (Lipinski definition) is 6. The highest BCUT2D eigenvalue weighted by atomic mass is 15.4. The molecule has 0 spiro atoms. The van der Waals surface area contributed by atoms with Gasteiger partial charge in [0.15, 0.2) is 5.96 Å². The van der Waals surface area contributed by atoms with Crippen LogP contribution >= 0.6 is 0 Å². The van der Waals surface area contributed by atoms with E-state index in [-0.39, 0.29) is 36.8 Å². The summed E-state index contributed by atoms with van der Waals surface area (Å²) in [5, 5.41) is 11.0. The third-order valence-electron chi connectivity index (χ3n) is 4.79. The summed E-state index contributed by atoms with van der Waals surface area (Å²) in [6.07, 6.45) is 0. The monoisotopic (exact) mass is 305 g/mol. The van der Waals surface area contributed by atoms with Crippen LogP contribution in [0.2, 0.25) is 0 Å². The van der Waals surface area contributed by atoms with Crippen molar-refractivity contribution < 1.29 is 0 Å². The zero-order valence-corrected chi connectivity index (χ0v) is 13.2. The Morgan fingerprint density at radius 1 is 1.59 bits per heavy atom. The summed E-state index contributed by atoms with van der Waals surface area (Å²) in [7, 11) is 0. The van der Waals surface area contributed by atoms with E-state index >= 15 is 0 Å². The van der Waals surface area contributed by atoms with Crippen molar-refractivity contribution in [2.75, 3.05) is 19.6 Å². The van der Waals surface area contributed by atoms with Crippen LogP contribution < -0.4 is 11.5 Å². The number of fused-ring (bicyclic) bond motifs is 1. The number of azide groups is 1. The van der Waals surface area contributed by atoms with E-state index in [9.17, 15) is 0 Å². The Balaban J connectivity index is 2.43. The quantitative estimate of drug-likeness (QED) is 0.230. The molecule has 1 saturated heterocycles. The number of amidine groups is 1.